The molecular weight excluding hydrogens is 208 g/mol. The predicted molar refractivity (Wildman–Crippen MR) is 44.3 cm³/mol. The van der Waals surface area contributed by atoms with Gasteiger partial charge in [0, 0.05) is 0 Å². The van der Waals surface area contributed by atoms with Crippen LogP contribution in [0.4, 0.5) is 5.69 Å². The lowest BCUT2D eigenvalue weighted by molar-refractivity contribution is -0.115. The van der Waals surface area contributed by atoms with Gasteiger partial charge >= 0.3 is 0 Å². The van der Waals surface area contributed by atoms with Crippen molar-refractivity contribution in [3.63, 3.8) is 0 Å². The van der Waals surface area contributed by atoms with E-state index in [1.54, 1.807) is 6.20 Å². The molecule has 11 heavy (non-hydrogen) atoms. The molecule has 4 heteroatoms. The molecule has 0 aliphatic carbocycles. The second-order valence-electron chi connectivity index (χ2n) is 2.39. The minimum Gasteiger partial charge on any atom is -0.324 e. The first-order valence-corrected chi connectivity index (χ1v) is 3.99. The van der Waals surface area contributed by atoms with Crippen LogP contribution in [0, 0.1) is 0 Å². The molecule has 0 atom stereocenters. The molecule has 56 valence electrons. The van der Waals surface area contributed by atoms with Crippen LogP contribution in [-0.4, -0.2) is 10.9 Å². The summed E-state index contributed by atoms with van der Waals surface area (Å²) < 4.78 is 0.771. The number of carbonyl (C=O) groups is 1. The fraction of sp³-hybridized carbons (Fsp3) is 0.143. The van der Waals surface area contributed by atoms with Gasteiger partial charge in [-0.25, -0.2) is 4.98 Å². The second-order valence-corrected chi connectivity index (χ2v) is 3.20. The van der Waals surface area contributed by atoms with E-state index in [0.717, 1.165) is 15.9 Å². The van der Waals surface area contributed by atoms with Gasteiger partial charge in [0.15, 0.2) is 0 Å². The molecule has 0 saturated heterocycles. The van der Waals surface area contributed by atoms with Crippen LogP contribution >= 0.6 is 15.9 Å². The minimum absolute atomic E-state index is 0.0416. The van der Waals surface area contributed by atoms with Crippen molar-refractivity contribution in [2.24, 2.45) is 0 Å². The van der Waals surface area contributed by atoms with E-state index in [-0.39, 0.29) is 5.91 Å². The Morgan fingerprint density at radius 3 is 3.27 bits per heavy atom. The summed E-state index contributed by atoms with van der Waals surface area (Å²) in [6.07, 6.45) is 2.13. The molecule has 2 rings (SSSR count). The number of aromatic nitrogens is 1. The van der Waals surface area contributed by atoms with Gasteiger partial charge in [-0.3, -0.25) is 4.79 Å². The zero-order chi connectivity index (χ0) is 7.84. The van der Waals surface area contributed by atoms with Crippen molar-refractivity contribution < 1.29 is 4.79 Å². The molecule has 0 fully saturated rings. The zero-order valence-corrected chi connectivity index (χ0v) is 7.18. The van der Waals surface area contributed by atoms with E-state index >= 15 is 0 Å². The molecule has 0 aromatic carbocycles. The van der Waals surface area contributed by atoms with Crippen molar-refractivity contribution in [2.75, 3.05) is 5.32 Å². The van der Waals surface area contributed by atoms with E-state index < -0.39 is 0 Å². The molecule has 3 nitrogen and oxygen atoms in total. The summed E-state index contributed by atoms with van der Waals surface area (Å²) in [5, 5.41) is 2.70. The van der Waals surface area contributed by atoms with E-state index in [4.69, 9.17) is 0 Å². The molecule has 0 saturated carbocycles. The molecule has 0 unspecified atom stereocenters. The topological polar surface area (TPSA) is 42.0 Å². The number of hydrogen-bond donors (Lipinski definition) is 1. The van der Waals surface area contributed by atoms with Crippen molar-refractivity contribution in [2.45, 2.75) is 6.42 Å². The highest BCUT2D eigenvalue weighted by atomic mass is 79.9. The van der Waals surface area contributed by atoms with Crippen molar-refractivity contribution in [1.82, 2.24) is 4.98 Å². The maximum absolute atomic E-state index is 10.9. The fourth-order valence-electron chi connectivity index (χ4n) is 1.09. The van der Waals surface area contributed by atoms with Gasteiger partial charge < -0.3 is 5.32 Å². The normalized spacial score (nSPS) is 14.5. The Morgan fingerprint density at radius 1 is 1.64 bits per heavy atom. The smallest absolute Gasteiger partial charge is 0.228 e. The summed E-state index contributed by atoms with van der Waals surface area (Å²) in [6, 6.07) is 1.85. The van der Waals surface area contributed by atoms with Gasteiger partial charge in [-0.2, -0.15) is 0 Å². The van der Waals surface area contributed by atoms with Crippen molar-refractivity contribution in [1.29, 1.82) is 0 Å². The standard InChI is InChI=1S/C7H5BrN2O/c8-6-1-4-2-7(11)10-5(4)3-9-6/h1,3H,2H2,(H,10,11). The first-order valence-electron chi connectivity index (χ1n) is 3.20. The van der Waals surface area contributed by atoms with Gasteiger partial charge in [-0.05, 0) is 27.6 Å². The molecule has 1 aliphatic heterocycles. The van der Waals surface area contributed by atoms with Gasteiger partial charge in [0.2, 0.25) is 5.91 Å². The molecule has 0 spiro atoms. The lowest BCUT2D eigenvalue weighted by atomic mass is 10.2. The van der Waals surface area contributed by atoms with Crippen LogP contribution in [0.25, 0.3) is 0 Å². The van der Waals surface area contributed by atoms with Crippen molar-refractivity contribution in [3.05, 3.63) is 22.4 Å². The van der Waals surface area contributed by atoms with Crippen LogP contribution in [0.2, 0.25) is 0 Å². The number of hydrogen-bond acceptors (Lipinski definition) is 2. The lowest BCUT2D eigenvalue weighted by Crippen LogP contribution is -2.03. The van der Waals surface area contributed by atoms with E-state index in [2.05, 4.69) is 26.2 Å². The third-order valence-electron chi connectivity index (χ3n) is 1.58. The summed E-state index contributed by atoms with van der Waals surface area (Å²) in [6.45, 7) is 0. The molecule has 0 bridgehead atoms. The maximum atomic E-state index is 10.9. The van der Waals surface area contributed by atoms with Crippen molar-refractivity contribution >= 4 is 27.5 Å². The Balaban J connectivity index is 2.51. The minimum atomic E-state index is 0.0416. The number of fused-ring (bicyclic) bond motifs is 1. The van der Waals surface area contributed by atoms with E-state index in [9.17, 15) is 4.79 Å². The first kappa shape index (κ1) is 6.79. The summed E-state index contributed by atoms with van der Waals surface area (Å²) in [4.78, 5) is 14.8. The Hall–Kier alpha value is -0.900. The average molecular weight is 213 g/mol. The van der Waals surface area contributed by atoms with E-state index in [0.29, 0.717) is 6.42 Å². The van der Waals surface area contributed by atoms with Gasteiger partial charge in [0.05, 0.1) is 18.3 Å². The summed E-state index contributed by atoms with van der Waals surface area (Å²) in [5.74, 6) is 0.0416. The SMILES string of the molecule is O=C1Cc2cc(Br)ncc2N1. The number of nitrogens with zero attached hydrogens (tertiary/aromatic N) is 1. The second kappa shape index (κ2) is 2.30. The highest BCUT2D eigenvalue weighted by Crippen LogP contribution is 2.23. The molecule has 1 amide bonds. The van der Waals surface area contributed by atoms with Crippen LogP contribution in [0.1, 0.15) is 5.56 Å². The quantitative estimate of drug-likeness (QED) is 0.660. The van der Waals surface area contributed by atoms with E-state index in [1.165, 1.54) is 0 Å². The van der Waals surface area contributed by atoms with Gasteiger partial charge in [-0.15, -0.1) is 0 Å². The van der Waals surface area contributed by atoms with Gasteiger partial charge in [0.1, 0.15) is 4.60 Å². The van der Waals surface area contributed by atoms with Crippen molar-refractivity contribution in [3.8, 4) is 0 Å². The van der Waals surface area contributed by atoms with Crippen LogP contribution < -0.4 is 5.32 Å². The Kier molecular flexibility index (Phi) is 1.42. The number of amides is 1. The van der Waals surface area contributed by atoms with Gasteiger partial charge in [0.25, 0.3) is 0 Å². The molecular formula is C7H5BrN2O. The van der Waals surface area contributed by atoms with E-state index in [1.807, 2.05) is 6.07 Å². The number of halogens is 1. The molecule has 1 aromatic rings. The lowest BCUT2D eigenvalue weighted by Gasteiger charge is -1.95. The maximum Gasteiger partial charge on any atom is 0.228 e. The number of rotatable bonds is 0. The summed E-state index contributed by atoms with van der Waals surface area (Å²) in [5.41, 5.74) is 1.84. The molecule has 1 aliphatic rings. The molecule has 0 radical (unpaired) electrons. The Morgan fingerprint density at radius 2 is 2.45 bits per heavy atom. The monoisotopic (exact) mass is 212 g/mol. The molecule has 1 N–H and O–H groups in total. The summed E-state index contributed by atoms with van der Waals surface area (Å²) >= 11 is 3.23. The van der Waals surface area contributed by atoms with Crippen LogP contribution in [0.5, 0.6) is 0 Å². The van der Waals surface area contributed by atoms with Crippen LogP contribution in [-0.2, 0) is 11.2 Å². The number of pyridine rings is 1. The predicted octanol–water partition coefficient (Wildman–Crippen LogP) is 1.34. The largest absolute Gasteiger partial charge is 0.324 e. The third-order valence-corrected chi connectivity index (χ3v) is 2.02. The fourth-order valence-corrected chi connectivity index (χ4v) is 1.47. The number of anilines is 1. The van der Waals surface area contributed by atoms with Gasteiger partial charge in [-0.1, -0.05) is 0 Å². The number of nitrogens with one attached hydrogen (secondary N) is 1. The zero-order valence-electron chi connectivity index (χ0n) is 5.60. The number of carbonyl (C=O) groups excluding carboxylic acids is 1. The third kappa shape index (κ3) is 1.14. The highest BCUT2D eigenvalue weighted by Gasteiger charge is 2.17. The Bertz CT molecular complexity index is 324. The average Bonchev–Trinajstić information content (AvgIpc) is 2.27. The molecule has 2 heterocycles. The van der Waals surface area contributed by atoms with Crippen LogP contribution in [0.3, 0.4) is 0 Å². The summed E-state index contributed by atoms with van der Waals surface area (Å²) in [7, 11) is 0. The highest BCUT2D eigenvalue weighted by molar-refractivity contribution is 9.10. The first-order chi connectivity index (χ1) is 5.25. The Labute approximate surface area is 72.0 Å². The molecule has 1 aromatic heterocycles. The van der Waals surface area contributed by atoms with Crippen LogP contribution in [0.15, 0.2) is 16.9 Å².